The summed E-state index contributed by atoms with van der Waals surface area (Å²) in [5.41, 5.74) is 8.40. The molecule has 0 radical (unpaired) electrons. The zero-order valence-corrected chi connectivity index (χ0v) is 11.3. The van der Waals surface area contributed by atoms with E-state index in [-0.39, 0.29) is 0 Å². The van der Waals surface area contributed by atoms with Gasteiger partial charge in [0.1, 0.15) is 0 Å². The van der Waals surface area contributed by atoms with Crippen LogP contribution in [-0.2, 0) is 0 Å². The molecular formula is C16H21N3. The molecule has 2 heterocycles. The Hall–Kier alpha value is -1.45. The number of piperidine rings is 1. The van der Waals surface area contributed by atoms with Gasteiger partial charge in [-0.15, -0.1) is 0 Å². The average molecular weight is 255 g/mol. The molecule has 1 fully saturated rings. The number of nitrogens with two attached hydrogens (primary N) is 1. The summed E-state index contributed by atoms with van der Waals surface area (Å²) in [5, 5.41) is 1.20. The molecule has 2 aromatic rings. The number of fused-ring (bicyclic) bond motifs is 1. The van der Waals surface area contributed by atoms with Gasteiger partial charge in [-0.25, -0.2) is 0 Å². The van der Waals surface area contributed by atoms with Crippen molar-refractivity contribution in [2.45, 2.75) is 25.3 Å². The Labute approximate surface area is 114 Å². The molecule has 0 spiro atoms. The third kappa shape index (κ3) is 2.62. The lowest BCUT2D eigenvalue weighted by Gasteiger charge is -2.34. The molecule has 1 aliphatic rings. The van der Waals surface area contributed by atoms with Crippen molar-refractivity contribution in [2.24, 2.45) is 5.73 Å². The van der Waals surface area contributed by atoms with Crippen LogP contribution >= 0.6 is 0 Å². The molecule has 0 aliphatic carbocycles. The summed E-state index contributed by atoms with van der Waals surface area (Å²) in [5.74, 6) is 0. The number of pyridine rings is 1. The van der Waals surface area contributed by atoms with Gasteiger partial charge >= 0.3 is 0 Å². The van der Waals surface area contributed by atoms with E-state index in [1.165, 1.54) is 43.3 Å². The minimum absolute atomic E-state index is 0.352. The first-order chi connectivity index (χ1) is 9.38. The second kappa shape index (κ2) is 5.68. The van der Waals surface area contributed by atoms with Crippen LogP contribution in [0.25, 0.3) is 10.9 Å². The lowest BCUT2D eigenvalue weighted by molar-refractivity contribution is 0.167. The van der Waals surface area contributed by atoms with Gasteiger partial charge in [-0.05, 0) is 49.7 Å². The van der Waals surface area contributed by atoms with Crippen molar-refractivity contribution in [2.75, 3.05) is 19.6 Å². The van der Waals surface area contributed by atoms with Crippen LogP contribution < -0.4 is 5.73 Å². The van der Waals surface area contributed by atoms with Gasteiger partial charge in [0, 0.05) is 24.2 Å². The average Bonchev–Trinajstić information content (AvgIpc) is 2.49. The highest BCUT2D eigenvalue weighted by Gasteiger charge is 2.21. The van der Waals surface area contributed by atoms with E-state index in [2.05, 4.69) is 34.1 Å². The maximum Gasteiger partial charge on any atom is 0.0702 e. The number of benzene rings is 1. The van der Waals surface area contributed by atoms with Gasteiger partial charge in [-0.1, -0.05) is 18.6 Å². The number of rotatable bonds is 3. The van der Waals surface area contributed by atoms with Crippen LogP contribution in [0.1, 0.15) is 30.9 Å². The van der Waals surface area contributed by atoms with Gasteiger partial charge in [-0.2, -0.15) is 0 Å². The maximum absolute atomic E-state index is 6.02. The minimum atomic E-state index is 0.352. The van der Waals surface area contributed by atoms with Crippen molar-refractivity contribution < 1.29 is 0 Å². The largest absolute Gasteiger partial charge is 0.329 e. The molecule has 3 rings (SSSR count). The number of nitrogens with zero attached hydrogens (tertiary/aromatic N) is 2. The predicted octanol–water partition coefficient (Wildman–Crippen LogP) is 2.72. The van der Waals surface area contributed by atoms with Crippen LogP contribution in [0.4, 0.5) is 0 Å². The first kappa shape index (κ1) is 12.6. The van der Waals surface area contributed by atoms with Crippen molar-refractivity contribution in [1.82, 2.24) is 9.88 Å². The lowest BCUT2D eigenvalue weighted by Crippen LogP contribution is -2.37. The van der Waals surface area contributed by atoms with E-state index in [1.807, 2.05) is 12.3 Å². The summed E-state index contributed by atoms with van der Waals surface area (Å²) < 4.78 is 0. The molecule has 0 bridgehead atoms. The molecule has 1 atom stereocenters. The second-order valence-electron chi connectivity index (χ2n) is 5.30. The second-order valence-corrected chi connectivity index (χ2v) is 5.30. The third-order valence-electron chi connectivity index (χ3n) is 4.07. The Morgan fingerprint density at radius 1 is 1.16 bits per heavy atom. The van der Waals surface area contributed by atoms with Gasteiger partial charge in [-0.3, -0.25) is 9.88 Å². The van der Waals surface area contributed by atoms with Crippen molar-refractivity contribution >= 4 is 10.9 Å². The molecule has 0 saturated carbocycles. The number of hydrogen-bond acceptors (Lipinski definition) is 3. The molecule has 100 valence electrons. The van der Waals surface area contributed by atoms with Gasteiger partial charge in [0.25, 0.3) is 0 Å². The van der Waals surface area contributed by atoms with E-state index in [4.69, 9.17) is 5.73 Å². The van der Waals surface area contributed by atoms with Crippen molar-refractivity contribution in [1.29, 1.82) is 0 Å². The van der Waals surface area contributed by atoms with Crippen LogP contribution in [0.2, 0.25) is 0 Å². The molecule has 1 aliphatic heterocycles. The fraction of sp³-hybridized carbons (Fsp3) is 0.438. The Kier molecular flexibility index (Phi) is 3.76. The predicted molar refractivity (Wildman–Crippen MR) is 79.0 cm³/mol. The summed E-state index contributed by atoms with van der Waals surface area (Å²) in [7, 11) is 0. The van der Waals surface area contributed by atoms with Gasteiger partial charge in [0.2, 0.25) is 0 Å². The summed E-state index contributed by atoms with van der Waals surface area (Å²) in [6.07, 6.45) is 5.79. The summed E-state index contributed by atoms with van der Waals surface area (Å²) >= 11 is 0. The molecule has 1 aromatic carbocycles. The topological polar surface area (TPSA) is 42.1 Å². The highest BCUT2D eigenvalue weighted by atomic mass is 15.2. The molecule has 3 nitrogen and oxygen atoms in total. The Morgan fingerprint density at radius 2 is 2.00 bits per heavy atom. The molecule has 19 heavy (non-hydrogen) atoms. The van der Waals surface area contributed by atoms with E-state index in [1.54, 1.807) is 0 Å². The van der Waals surface area contributed by atoms with Crippen molar-refractivity contribution in [3.63, 3.8) is 0 Å². The molecule has 1 aromatic heterocycles. The molecule has 1 saturated heterocycles. The fourth-order valence-corrected chi connectivity index (χ4v) is 3.03. The Bertz CT molecular complexity index is 546. The van der Waals surface area contributed by atoms with Crippen LogP contribution in [-0.4, -0.2) is 29.5 Å². The number of hydrogen-bond donors (Lipinski definition) is 1. The number of aromatic nitrogens is 1. The van der Waals surface area contributed by atoms with Crippen LogP contribution in [0.3, 0.4) is 0 Å². The molecular weight excluding hydrogens is 234 g/mol. The highest BCUT2D eigenvalue weighted by Crippen LogP contribution is 2.26. The van der Waals surface area contributed by atoms with Crippen LogP contribution in [0.5, 0.6) is 0 Å². The van der Waals surface area contributed by atoms with Gasteiger partial charge in [0.05, 0.1) is 5.52 Å². The standard InChI is InChI=1S/C16H21N3/c17-12-16(19-9-2-1-3-10-19)14-6-7-15-13(11-14)5-4-8-18-15/h4-8,11,16H,1-3,9-10,12,17H2. The van der Waals surface area contributed by atoms with E-state index in [0.717, 1.165) is 5.52 Å². The summed E-state index contributed by atoms with van der Waals surface area (Å²) in [4.78, 5) is 6.90. The summed E-state index contributed by atoms with van der Waals surface area (Å²) in [6.45, 7) is 3.03. The minimum Gasteiger partial charge on any atom is -0.329 e. The Morgan fingerprint density at radius 3 is 2.79 bits per heavy atom. The van der Waals surface area contributed by atoms with E-state index in [9.17, 15) is 0 Å². The lowest BCUT2D eigenvalue weighted by atomic mass is 10.00. The van der Waals surface area contributed by atoms with Gasteiger partial charge < -0.3 is 5.73 Å². The maximum atomic E-state index is 6.02. The normalized spacial score (nSPS) is 18.6. The molecule has 0 amide bonds. The fourth-order valence-electron chi connectivity index (χ4n) is 3.03. The summed E-state index contributed by atoms with van der Waals surface area (Å²) in [6, 6.07) is 11.0. The van der Waals surface area contributed by atoms with Crippen LogP contribution in [0, 0.1) is 0 Å². The first-order valence-electron chi connectivity index (χ1n) is 7.17. The SMILES string of the molecule is NCC(c1ccc2ncccc2c1)N1CCCCC1. The van der Waals surface area contributed by atoms with Gasteiger partial charge in [0.15, 0.2) is 0 Å². The quantitative estimate of drug-likeness (QED) is 0.917. The zero-order chi connectivity index (χ0) is 13.1. The van der Waals surface area contributed by atoms with E-state index < -0.39 is 0 Å². The van der Waals surface area contributed by atoms with Crippen LogP contribution in [0.15, 0.2) is 36.5 Å². The molecule has 1 unspecified atom stereocenters. The smallest absolute Gasteiger partial charge is 0.0702 e. The van der Waals surface area contributed by atoms with Crippen molar-refractivity contribution in [3.8, 4) is 0 Å². The third-order valence-corrected chi connectivity index (χ3v) is 4.07. The monoisotopic (exact) mass is 255 g/mol. The first-order valence-corrected chi connectivity index (χ1v) is 7.17. The zero-order valence-electron chi connectivity index (χ0n) is 11.3. The molecule has 3 heteroatoms. The van der Waals surface area contributed by atoms with Crippen molar-refractivity contribution in [3.05, 3.63) is 42.1 Å². The van der Waals surface area contributed by atoms with E-state index >= 15 is 0 Å². The number of likely N-dealkylation sites (tertiary alicyclic amines) is 1. The molecule has 2 N–H and O–H groups in total. The highest BCUT2D eigenvalue weighted by molar-refractivity contribution is 5.79. The van der Waals surface area contributed by atoms with E-state index in [0.29, 0.717) is 12.6 Å². The Balaban J connectivity index is 1.91.